The summed E-state index contributed by atoms with van der Waals surface area (Å²) < 4.78 is 6.25. The van der Waals surface area contributed by atoms with Gasteiger partial charge in [0.2, 0.25) is 5.91 Å². The number of thioether (sulfide) groups is 1. The molecule has 12 heteroatoms. The number of aryl methyl sites for hydroxylation is 1. The van der Waals surface area contributed by atoms with Gasteiger partial charge in [0.05, 0.1) is 16.9 Å². The van der Waals surface area contributed by atoms with Crippen molar-refractivity contribution in [3.63, 3.8) is 0 Å². The van der Waals surface area contributed by atoms with Crippen LogP contribution in [0.2, 0.25) is 0 Å². The van der Waals surface area contributed by atoms with Gasteiger partial charge in [0.15, 0.2) is 16.7 Å². The van der Waals surface area contributed by atoms with Crippen LogP contribution in [0.3, 0.4) is 0 Å². The predicted molar refractivity (Wildman–Crippen MR) is 119 cm³/mol. The molecule has 0 aliphatic heterocycles. The van der Waals surface area contributed by atoms with Crippen molar-refractivity contribution in [1.82, 2.24) is 19.7 Å². The number of rotatable bonds is 7. The van der Waals surface area contributed by atoms with Crippen molar-refractivity contribution in [2.24, 2.45) is 0 Å². The highest BCUT2D eigenvalue weighted by Crippen LogP contribution is 2.25. The molecular weight excluding hydrogens is 448 g/mol. The molecular formula is C21H16N6O5S. The Morgan fingerprint density at radius 1 is 1.21 bits per heavy atom. The van der Waals surface area contributed by atoms with Crippen LogP contribution in [0, 0.1) is 17.0 Å². The Balaban J connectivity index is 1.54. The number of nitrogens with one attached hydrogen (secondary N) is 1. The monoisotopic (exact) mass is 464 g/mol. The minimum absolute atomic E-state index is 0.0689. The van der Waals surface area contributed by atoms with E-state index >= 15 is 0 Å². The molecule has 3 aromatic heterocycles. The number of nitrogens with zero attached hydrogens (tertiary/aromatic N) is 5. The first-order valence-corrected chi connectivity index (χ1v) is 10.5. The summed E-state index contributed by atoms with van der Waals surface area (Å²) in [5.74, 6) is -0.719. The zero-order valence-electron chi connectivity index (χ0n) is 17.2. The SMILES string of the molecule is Cc1ccc(NC(=O)CSc2nc(-c3ccncc3)nn2C(=O)c2ccco2)cc1[N+](=O)[O-]. The fourth-order valence-electron chi connectivity index (χ4n) is 2.86. The van der Waals surface area contributed by atoms with Gasteiger partial charge < -0.3 is 9.73 Å². The number of carbonyl (C=O) groups is 2. The van der Waals surface area contributed by atoms with Crippen molar-refractivity contribution in [2.45, 2.75) is 12.1 Å². The number of anilines is 1. The second kappa shape index (κ2) is 9.44. The molecule has 1 amide bonds. The second-order valence-electron chi connectivity index (χ2n) is 6.74. The van der Waals surface area contributed by atoms with E-state index in [4.69, 9.17) is 4.42 Å². The van der Waals surface area contributed by atoms with Crippen LogP contribution < -0.4 is 5.32 Å². The van der Waals surface area contributed by atoms with Crippen molar-refractivity contribution in [3.05, 3.63) is 82.6 Å². The van der Waals surface area contributed by atoms with Gasteiger partial charge in [-0.1, -0.05) is 17.8 Å². The molecule has 1 aromatic carbocycles. The molecule has 0 unspecified atom stereocenters. The molecule has 0 saturated carbocycles. The zero-order valence-corrected chi connectivity index (χ0v) is 18.0. The molecule has 3 heterocycles. The van der Waals surface area contributed by atoms with E-state index in [0.717, 1.165) is 16.4 Å². The standard InChI is InChI=1S/C21H16N6O5S/c1-13-4-5-15(11-16(13)27(30)31)23-18(28)12-33-21-24-19(14-6-8-22-9-7-14)25-26(21)20(29)17-3-2-10-32-17/h2-11H,12H2,1H3,(H,23,28). The Hall–Kier alpha value is -4.32. The molecule has 166 valence electrons. The van der Waals surface area contributed by atoms with Gasteiger partial charge in [0, 0.05) is 35.3 Å². The molecule has 0 fully saturated rings. The van der Waals surface area contributed by atoms with Gasteiger partial charge in [-0.15, -0.1) is 5.10 Å². The number of amides is 1. The zero-order chi connectivity index (χ0) is 23.4. The number of hydrogen-bond acceptors (Lipinski definition) is 9. The lowest BCUT2D eigenvalue weighted by atomic mass is 10.2. The van der Waals surface area contributed by atoms with Crippen LogP contribution in [-0.4, -0.2) is 42.2 Å². The Labute approximate surface area is 191 Å². The molecule has 0 aliphatic carbocycles. The summed E-state index contributed by atoms with van der Waals surface area (Å²) in [5.41, 5.74) is 1.34. The van der Waals surface area contributed by atoms with E-state index in [1.54, 1.807) is 49.6 Å². The van der Waals surface area contributed by atoms with E-state index in [1.165, 1.54) is 18.4 Å². The highest BCUT2D eigenvalue weighted by atomic mass is 32.2. The predicted octanol–water partition coefficient (Wildman–Crippen LogP) is 3.57. The lowest BCUT2D eigenvalue weighted by molar-refractivity contribution is -0.385. The van der Waals surface area contributed by atoms with E-state index in [9.17, 15) is 19.7 Å². The molecule has 33 heavy (non-hydrogen) atoms. The van der Waals surface area contributed by atoms with Gasteiger partial charge in [0.25, 0.3) is 5.69 Å². The Kier molecular flexibility index (Phi) is 6.26. The maximum absolute atomic E-state index is 12.8. The molecule has 1 N–H and O–H groups in total. The molecule has 0 bridgehead atoms. The first-order valence-electron chi connectivity index (χ1n) is 9.56. The van der Waals surface area contributed by atoms with Gasteiger partial charge >= 0.3 is 5.91 Å². The maximum Gasteiger partial charge on any atom is 0.316 e. The molecule has 0 radical (unpaired) electrons. The molecule has 4 aromatic rings. The van der Waals surface area contributed by atoms with E-state index in [1.807, 2.05) is 0 Å². The third-order valence-corrected chi connectivity index (χ3v) is 5.39. The maximum atomic E-state index is 12.8. The molecule has 0 spiro atoms. The van der Waals surface area contributed by atoms with E-state index in [0.29, 0.717) is 16.8 Å². The smallest absolute Gasteiger partial charge is 0.316 e. The van der Waals surface area contributed by atoms with Crippen molar-refractivity contribution < 1.29 is 18.9 Å². The average Bonchev–Trinajstić information content (AvgIpc) is 3.49. The van der Waals surface area contributed by atoms with Crippen LogP contribution >= 0.6 is 11.8 Å². The Morgan fingerprint density at radius 3 is 2.70 bits per heavy atom. The lowest BCUT2D eigenvalue weighted by Crippen LogP contribution is -2.17. The summed E-state index contributed by atoms with van der Waals surface area (Å²) in [6.07, 6.45) is 4.52. The molecule has 11 nitrogen and oxygen atoms in total. The molecule has 0 aliphatic rings. The topological polar surface area (TPSA) is 146 Å². The van der Waals surface area contributed by atoms with Gasteiger partial charge in [-0.05, 0) is 37.3 Å². The largest absolute Gasteiger partial charge is 0.459 e. The van der Waals surface area contributed by atoms with Gasteiger partial charge in [-0.25, -0.2) is 4.98 Å². The molecule has 0 atom stereocenters. The lowest BCUT2D eigenvalue weighted by Gasteiger charge is -2.06. The van der Waals surface area contributed by atoms with Crippen LogP contribution in [0.15, 0.2) is 70.7 Å². The van der Waals surface area contributed by atoms with E-state index in [-0.39, 0.29) is 28.2 Å². The fraction of sp³-hybridized carbons (Fsp3) is 0.0952. The van der Waals surface area contributed by atoms with Crippen LogP contribution in [0.4, 0.5) is 11.4 Å². The molecule has 0 saturated heterocycles. The average molecular weight is 464 g/mol. The normalized spacial score (nSPS) is 10.7. The highest BCUT2D eigenvalue weighted by Gasteiger charge is 2.22. The van der Waals surface area contributed by atoms with Crippen LogP contribution in [-0.2, 0) is 4.79 Å². The number of benzene rings is 1. The number of aromatic nitrogens is 4. The number of nitro benzene ring substituents is 1. The minimum Gasteiger partial charge on any atom is -0.459 e. The first-order chi connectivity index (χ1) is 15.9. The Morgan fingerprint density at radius 2 is 2.00 bits per heavy atom. The van der Waals surface area contributed by atoms with Crippen molar-refractivity contribution in [2.75, 3.05) is 11.1 Å². The first kappa shape index (κ1) is 21.9. The van der Waals surface area contributed by atoms with Gasteiger partial charge in [-0.2, -0.15) is 4.68 Å². The summed E-state index contributed by atoms with van der Waals surface area (Å²) in [6, 6.07) is 10.9. The summed E-state index contributed by atoms with van der Waals surface area (Å²) in [5, 5.41) is 18.2. The van der Waals surface area contributed by atoms with Gasteiger partial charge in [0.1, 0.15) is 0 Å². The summed E-state index contributed by atoms with van der Waals surface area (Å²) in [6.45, 7) is 1.61. The highest BCUT2D eigenvalue weighted by molar-refractivity contribution is 7.99. The number of pyridine rings is 1. The van der Waals surface area contributed by atoms with Crippen molar-refractivity contribution in [1.29, 1.82) is 0 Å². The fourth-order valence-corrected chi connectivity index (χ4v) is 3.59. The quantitative estimate of drug-likeness (QED) is 0.246. The van der Waals surface area contributed by atoms with Crippen LogP contribution in [0.5, 0.6) is 0 Å². The number of carbonyl (C=O) groups excluding carboxylic acids is 2. The van der Waals surface area contributed by atoms with E-state index < -0.39 is 16.7 Å². The number of nitro groups is 1. The van der Waals surface area contributed by atoms with E-state index in [2.05, 4.69) is 20.4 Å². The molecule has 4 rings (SSSR count). The second-order valence-corrected chi connectivity index (χ2v) is 7.69. The van der Waals surface area contributed by atoms with Crippen molar-refractivity contribution >= 4 is 35.0 Å². The summed E-state index contributed by atoms with van der Waals surface area (Å²) >= 11 is 0.994. The van der Waals surface area contributed by atoms with Crippen LogP contribution in [0.1, 0.15) is 16.1 Å². The number of hydrogen-bond donors (Lipinski definition) is 1. The third kappa shape index (κ3) is 4.96. The summed E-state index contributed by atoms with van der Waals surface area (Å²) in [4.78, 5) is 44.2. The minimum atomic E-state index is -0.537. The summed E-state index contributed by atoms with van der Waals surface area (Å²) in [7, 11) is 0. The Bertz CT molecular complexity index is 1320. The van der Waals surface area contributed by atoms with Crippen LogP contribution in [0.25, 0.3) is 11.4 Å². The van der Waals surface area contributed by atoms with Gasteiger partial charge in [-0.3, -0.25) is 24.7 Å². The third-order valence-electron chi connectivity index (χ3n) is 4.46. The van der Waals surface area contributed by atoms with Crippen molar-refractivity contribution in [3.8, 4) is 11.4 Å². The number of furan rings is 1.